The quantitative estimate of drug-likeness (QED) is 0.527. The predicted molar refractivity (Wildman–Crippen MR) is 128 cm³/mol. The minimum atomic E-state index is -0.574. The van der Waals surface area contributed by atoms with Gasteiger partial charge in [-0.2, -0.15) is 5.10 Å². The molecule has 0 radical (unpaired) electrons. The molecule has 3 aromatic carbocycles. The van der Waals surface area contributed by atoms with Gasteiger partial charge in [0.15, 0.2) is 0 Å². The maximum Gasteiger partial charge on any atom is 0.285 e. The van der Waals surface area contributed by atoms with Gasteiger partial charge in [-0.3, -0.25) is 25.2 Å². The van der Waals surface area contributed by atoms with E-state index < -0.39 is 11.8 Å². The minimum absolute atomic E-state index is 0.147. The van der Waals surface area contributed by atoms with Crippen LogP contribution in [-0.4, -0.2) is 23.4 Å². The van der Waals surface area contributed by atoms with E-state index in [0.717, 1.165) is 5.56 Å². The van der Waals surface area contributed by atoms with Crippen LogP contribution in [0.3, 0.4) is 0 Å². The molecule has 3 amide bonds. The fourth-order valence-electron chi connectivity index (χ4n) is 3.20. The van der Waals surface area contributed by atoms with Crippen LogP contribution in [0, 0.1) is 0 Å². The van der Waals surface area contributed by atoms with E-state index in [9.17, 15) is 14.4 Å². The van der Waals surface area contributed by atoms with E-state index in [1.54, 1.807) is 72.8 Å². The number of carbonyl (C=O) groups is 3. The number of hydrazone groups is 1. The Kier molecular flexibility index (Phi) is 7.19. The molecule has 8 nitrogen and oxygen atoms in total. The zero-order chi connectivity index (χ0) is 23.9. The van der Waals surface area contributed by atoms with Crippen LogP contribution in [-0.2, 0) is 16.2 Å². The topological polar surface area (TPSA) is 100 Å². The standard InChI is InChI=1S/C25H21ClN4O4/c26-19-10-12-21(13-11-19)34-16-17-6-8-18(9-7-17)24(32)27-28-25(33)22-14-15-23(31)30(29-22)20-4-2-1-3-5-20/h1-13H,14-16H2,(H,27,32)(H,28,33). The first kappa shape index (κ1) is 23.0. The third kappa shape index (κ3) is 5.79. The molecular weight excluding hydrogens is 456 g/mol. The molecule has 3 aromatic rings. The summed E-state index contributed by atoms with van der Waals surface area (Å²) in [6.07, 6.45) is 0.334. The maximum atomic E-state index is 12.5. The van der Waals surface area contributed by atoms with E-state index in [4.69, 9.17) is 16.3 Å². The van der Waals surface area contributed by atoms with E-state index in [-0.39, 0.29) is 24.5 Å². The summed E-state index contributed by atoms with van der Waals surface area (Å²) in [4.78, 5) is 37.1. The lowest BCUT2D eigenvalue weighted by Crippen LogP contribution is -2.47. The van der Waals surface area contributed by atoms with Crippen LogP contribution in [0.5, 0.6) is 5.75 Å². The Bertz CT molecular complexity index is 1210. The summed E-state index contributed by atoms with van der Waals surface area (Å²) in [6, 6.07) is 22.7. The van der Waals surface area contributed by atoms with Crippen LogP contribution in [0.4, 0.5) is 5.69 Å². The van der Waals surface area contributed by atoms with Crippen molar-refractivity contribution in [2.75, 3.05) is 5.01 Å². The van der Waals surface area contributed by atoms with Crippen molar-refractivity contribution >= 4 is 40.7 Å². The van der Waals surface area contributed by atoms with Gasteiger partial charge in [0.25, 0.3) is 11.8 Å². The summed E-state index contributed by atoms with van der Waals surface area (Å²) < 4.78 is 5.68. The molecule has 0 atom stereocenters. The minimum Gasteiger partial charge on any atom is -0.489 e. The smallest absolute Gasteiger partial charge is 0.285 e. The van der Waals surface area contributed by atoms with Crippen LogP contribution >= 0.6 is 11.6 Å². The molecule has 9 heteroatoms. The van der Waals surface area contributed by atoms with Crippen molar-refractivity contribution in [2.24, 2.45) is 5.10 Å². The molecule has 0 unspecified atom stereocenters. The number of nitrogens with zero attached hydrogens (tertiary/aromatic N) is 2. The number of anilines is 1. The molecule has 1 aliphatic rings. The predicted octanol–water partition coefficient (Wildman–Crippen LogP) is 3.86. The first-order valence-corrected chi connectivity index (χ1v) is 10.9. The second-order valence-corrected chi connectivity index (χ2v) is 7.87. The van der Waals surface area contributed by atoms with E-state index in [1.165, 1.54) is 5.01 Å². The Labute approximate surface area is 201 Å². The van der Waals surface area contributed by atoms with Crippen LogP contribution < -0.4 is 20.6 Å². The SMILES string of the molecule is O=C(NNC(=O)c1ccc(COc2ccc(Cl)cc2)cc1)C1=NN(c2ccccc2)C(=O)CC1. The maximum absolute atomic E-state index is 12.5. The van der Waals surface area contributed by atoms with Crippen molar-refractivity contribution in [3.8, 4) is 5.75 Å². The third-order valence-corrected chi connectivity index (χ3v) is 5.27. The molecule has 4 rings (SSSR count). The second kappa shape index (κ2) is 10.6. The Balaban J connectivity index is 1.31. The summed E-state index contributed by atoms with van der Waals surface area (Å²) in [7, 11) is 0. The van der Waals surface area contributed by atoms with Gasteiger partial charge in [0.1, 0.15) is 18.1 Å². The number of halogens is 1. The van der Waals surface area contributed by atoms with Crippen LogP contribution in [0.1, 0.15) is 28.8 Å². The third-order valence-electron chi connectivity index (χ3n) is 5.02. The molecule has 2 N–H and O–H groups in total. The van der Waals surface area contributed by atoms with Crippen LogP contribution in [0.2, 0.25) is 5.02 Å². The van der Waals surface area contributed by atoms with Gasteiger partial charge in [0.05, 0.1) is 5.69 Å². The lowest BCUT2D eigenvalue weighted by atomic mass is 10.1. The van der Waals surface area contributed by atoms with Crippen molar-refractivity contribution < 1.29 is 19.1 Å². The van der Waals surface area contributed by atoms with Gasteiger partial charge < -0.3 is 4.74 Å². The fraction of sp³-hybridized carbons (Fsp3) is 0.120. The highest BCUT2D eigenvalue weighted by Gasteiger charge is 2.25. The molecule has 34 heavy (non-hydrogen) atoms. The summed E-state index contributed by atoms with van der Waals surface area (Å²) >= 11 is 5.86. The van der Waals surface area contributed by atoms with Crippen molar-refractivity contribution in [3.05, 3.63) is 95.0 Å². The number of hydrogen-bond acceptors (Lipinski definition) is 5. The lowest BCUT2D eigenvalue weighted by molar-refractivity contribution is -0.119. The van der Waals surface area contributed by atoms with Crippen molar-refractivity contribution in [1.82, 2.24) is 10.9 Å². The number of carbonyl (C=O) groups excluding carboxylic acids is 3. The number of ether oxygens (including phenoxy) is 1. The van der Waals surface area contributed by atoms with Crippen molar-refractivity contribution in [1.29, 1.82) is 0 Å². The van der Waals surface area contributed by atoms with E-state index in [0.29, 0.717) is 28.6 Å². The number of benzene rings is 3. The highest BCUT2D eigenvalue weighted by molar-refractivity contribution is 6.40. The molecular formula is C25H21ClN4O4. The average Bonchev–Trinajstić information content (AvgIpc) is 2.88. The molecule has 0 fully saturated rings. The molecule has 1 aliphatic heterocycles. The zero-order valence-electron chi connectivity index (χ0n) is 18.0. The van der Waals surface area contributed by atoms with Gasteiger partial charge in [-0.15, -0.1) is 0 Å². The second-order valence-electron chi connectivity index (χ2n) is 7.44. The summed E-state index contributed by atoms with van der Waals surface area (Å²) in [5.41, 5.74) is 6.70. The molecule has 0 aromatic heterocycles. The largest absolute Gasteiger partial charge is 0.489 e. The van der Waals surface area contributed by atoms with E-state index >= 15 is 0 Å². The monoisotopic (exact) mass is 476 g/mol. The van der Waals surface area contributed by atoms with E-state index in [2.05, 4.69) is 16.0 Å². The Hall–Kier alpha value is -4.17. The molecule has 0 bridgehead atoms. The van der Waals surface area contributed by atoms with Gasteiger partial charge in [0.2, 0.25) is 5.91 Å². The first-order valence-electron chi connectivity index (χ1n) is 10.5. The highest BCUT2D eigenvalue weighted by atomic mass is 35.5. The van der Waals surface area contributed by atoms with Crippen molar-refractivity contribution in [3.63, 3.8) is 0 Å². The number of para-hydroxylation sites is 1. The van der Waals surface area contributed by atoms with Gasteiger partial charge in [-0.1, -0.05) is 41.9 Å². The summed E-state index contributed by atoms with van der Waals surface area (Å²) in [5, 5.41) is 5.99. The van der Waals surface area contributed by atoms with Crippen molar-refractivity contribution in [2.45, 2.75) is 19.4 Å². The number of rotatable bonds is 6. The van der Waals surface area contributed by atoms with Crippen LogP contribution in [0.15, 0.2) is 84.0 Å². The number of nitrogens with one attached hydrogen (secondary N) is 2. The number of amides is 3. The van der Waals surface area contributed by atoms with Gasteiger partial charge in [0, 0.05) is 23.4 Å². The van der Waals surface area contributed by atoms with Gasteiger partial charge >= 0.3 is 0 Å². The Morgan fingerprint density at radius 1 is 0.882 bits per heavy atom. The zero-order valence-corrected chi connectivity index (χ0v) is 18.8. The van der Waals surface area contributed by atoms with Crippen LogP contribution in [0.25, 0.3) is 0 Å². The van der Waals surface area contributed by atoms with Gasteiger partial charge in [-0.25, -0.2) is 5.01 Å². The molecule has 0 saturated carbocycles. The lowest BCUT2D eigenvalue weighted by Gasteiger charge is -2.23. The highest BCUT2D eigenvalue weighted by Crippen LogP contribution is 2.20. The molecule has 0 saturated heterocycles. The number of hydrazine groups is 1. The summed E-state index contributed by atoms with van der Waals surface area (Å²) in [5.74, 6) is -0.570. The summed E-state index contributed by atoms with van der Waals surface area (Å²) in [6.45, 7) is 0.330. The molecule has 0 spiro atoms. The molecule has 1 heterocycles. The number of hydrogen-bond donors (Lipinski definition) is 2. The first-order chi connectivity index (χ1) is 16.5. The average molecular weight is 477 g/mol. The normalized spacial score (nSPS) is 13.1. The molecule has 0 aliphatic carbocycles. The van der Waals surface area contributed by atoms with E-state index in [1.807, 2.05) is 6.07 Å². The van der Waals surface area contributed by atoms with Gasteiger partial charge in [-0.05, 0) is 54.1 Å². The Morgan fingerprint density at radius 2 is 1.56 bits per heavy atom. The molecule has 172 valence electrons. The fourth-order valence-corrected chi connectivity index (χ4v) is 3.32. The Morgan fingerprint density at radius 3 is 2.26 bits per heavy atom.